The fourth-order valence-electron chi connectivity index (χ4n) is 2.98. The lowest BCUT2D eigenvalue weighted by Crippen LogP contribution is -2.33. The molecule has 126 valence electrons. The lowest BCUT2D eigenvalue weighted by molar-refractivity contribution is -0.113. The van der Waals surface area contributed by atoms with Crippen LogP contribution in [0.4, 0.5) is 5.69 Å². The maximum Gasteiger partial charge on any atom is 0.273 e. The van der Waals surface area contributed by atoms with Gasteiger partial charge in [-0.2, -0.15) is 5.10 Å². The van der Waals surface area contributed by atoms with Gasteiger partial charge in [0.05, 0.1) is 18.3 Å². The molecule has 0 aliphatic carbocycles. The van der Waals surface area contributed by atoms with Gasteiger partial charge in [-0.1, -0.05) is 60.3 Å². The van der Waals surface area contributed by atoms with E-state index in [0.717, 1.165) is 23.5 Å². The minimum atomic E-state index is -0.160. The van der Waals surface area contributed by atoms with Crippen LogP contribution in [0.3, 0.4) is 0 Å². The highest BCUT2D eigenvalue weighted by atomic mass is 32.2. The number of carbonyl (C=O) groups is 1. The third-order valence-electron chi connectivity index (χ3n) is 4.18. The molecular formula is C19H18N4OS. The van der Waals surface area contributed by atoms with E-state index in [9.17, 15) is 4.79 Å². The lowest BCUT2D eigenvalue weighted by atomic mass is 10.0. The monoisotopic (exact) mass is 350 g/mol. The fourth-order valence-corrected chi connectivity index (χ4v) is 3.70. The van der Waals surface area contributed by atoms with Crippen molar-refractivity contribution in [3.8, 4) is 0 Å². The van der Waals surface area contributed by atoms with Crippen molar-refractivity contribution in [1.82, 2.24) is 5.32 Å². The molecule has 1 N–H and O–H groups in total. The predicted octanol–water partition coefficient (Wildman–Crippen LogP) is 3.21. The number of carbonyl (C=O) groups excluding carboxylic acids is 1. The first kappa shape index (κ1) is 15.9. The second-order valence-electron chi connectivity index (χ2n) is 5.85. The fraction of sp³-hybridized carbons (Fsp3) is 0.211. The molecule has 2 heterocycles. The number of benzene rings is 2. The summed E-state index contributed by atoms with van der Waals surface area (Å²) in [5.74, 6) is 0.762. The molecule has 0 aromatic heterocycles. The van der Waals surface area contributed by atoms with Crippen LogP contribution < -0.4 is 10.3 Å². The van der Waals surface area contributed by atoms with Crippen LogP contribution in [0.2, 0.25) is 0 Å². The number of anilines is 1. The van der Waals surface area contributed by atoms with Crippen molar-refractivity contribution >= 4 is 34.2 Å². The molecule has 2 aromatic carbocycles. The van der Waals surface area contributed by atoms with Crippen molar-refractivity contribution in [3.05, 3.63) is 66.2 Å². The topological polar surface area (TPSA) is 57.1 Å². The number of rotatable bonds is 3. The molecule has 0 unspecified atom stereocenters. The van der Waals surface area contributed by atoms with Gasteiger partial charge in [-0.05, 0) is 17.7 Å². The molecule has 1 atom stereocenters. The molecule has 2 aliphatic rings. The van der Waals surface area contributed by atoms with E-state index in [2.05, 4.69) is 27.5 Å². The van der Waals surface area contributed by atoms with Crippen LogP contribution >= 0.6 is 11.8 Å². The summed E-state index contributed by atoms with van der Waals surface area (Å²) in [5.41, 5.74) is 2.66. The van der Waals surface area contributed by atoms with Gasteiger partial charge in [-0.3, -0.25) is 14.8 Å². The molecule has 4 rings (SSSR count). The Kier molecular flexibility index (Phi) is 4.52. The maximum atomic E-state index is 12.6. The standard InChI is InChI=1S/C19H18N4OS/c24-18(21-19-20-11-12-25-19)16-13-17(14-7-3-1-4-8-14)23(22-16)15-9-5-2-6-10-15/h1-10,17H,11-13H2,(H,20,21,24)/t17-/m0/s1. The third-order valence-corrected chi connectivity index (χ3v) is 5.07. The Morgan fingerprint density at radius 3 is 2.48 bits per heavy atom. The Morgan fingerprint density at radius 2 is 1.80 bits per heavy atom. The summed E-state index contributed by atoms with van der Waals surface area (Å²) in [4.78, 5) is 16.9. The van der Waals surface area contributed by atoms with Gasteiger partial charge in [0.2, 0.25) is 0 Å². The molecule has 6 heteroatoms. The Balaban J connectivity index is 1.61. The molecule has 2 aromatic rings. The van der Waals surface area contributed by atoms with Crippen LogP contribution in [0.15, 0.2) is 70.8 Å². The number of para-hydroxylation sites is 1. The molecule has 0 saturated heterocycles. The van der Waals surface area contributed by atoms with Crippen molar-refractivity contribution in [2.45, 2.75) is 12.5 Å². The zero-order chi connectivity index (χ0) is 17.1. The van der Waals surface area contributed by atoms with Gasteiger partial charge in [0, 0.05) is 12.2 Å². The average Bonchev–Trinajstić information content (AvgIpc) is 3.33. The molecule has 1 amide bonds. The minimum absolute atomic E-state index is 0.0162. The van der Waals surface area contributed by atoms with E-state index >= 15 is 0 Å². The Hall–Kier alpha value is -2.60. The van der Waals surface area contributed by atoms with Crippen LogP contribution in [0.5, 0.6) is 0 Å². The summed E-state index contributed by atoms with van der Waals surface area (Å²) < 4.78 is 0. The van der Waals surface area contributed by atoms with E-state index < -0.39 is 0 Å². The number of amides is 1. The lowest BCUT2D eigenvalue weighted by Gasteiger charge is -2.23. The SMILES string of the molecule is O=C(NC1=NCCS1)C1=NN(c2ccccc2)[C@H](c2ccccc2)C1. The number of hydrogen-bond acceptors (Lipinski definition) is 5. The van der Waals surface area contributed by atoms with E-state index in [0.29, 0.717) is 17.3 Å². The van der Waals surface area contributed by atoms with E-state index in [4.69, 9.17) is 0 Å². The van der Waals surface area contributed by atoms with Crippen molar-refractivity contribution < 1.29 is 4.79 Å². The maximum absolute atomic E-state index is 12.6. The third kappa shape index (κ3) is 3.44. The van der Waals surface area contributed by atoms with E-state index in [1.807, 2.05) is 53.5 Å². The first-order chi connectivity index (χ1) is 12.3. The highest BCUT2D eigenvalue weighted by Crippen LogP contribution is 2.35. The first-order valence-corrected chi connectivity index (χ1v) is 9.25. The molecule has 0 radical (unpaired) electrons. The Labute approximate surface area is 150 Å². The number of nitrogens with zero attached hydrogens (tertiary/aromatic N) is 3. The quantitative estimate of drug-likeness (QED) is 0.925. The number of amidine groups is 1. The van der Waals surface area contributed by atoms with Gasteiger partial charge in [-0.15, -0.1) is 0 Å². The van der Waals surface area contributed by atoms with Crippen LogP contribution in [-0.2, 0) is 4.79 Å². The van der Waals surface area contributed by atoms with E-state index in [-0.39, 0.29) is 11.9 Å². The van der Waals surface area contributed by atoms with E-state index in [1.165, 1.54) is 0 Å². The average molecular weight is 350 g/mol. The summed E-state index contributed by atoms with van der Waals surface area (Å²) in [7, 11) is 0. The summed E-state index contributed by atoms with van der Waals surface area (Å²) in [6, 6.07) is 20.2. The normalized spacial score (nSPS) is 19.5. The van der Waals surface area contributed by atoms with Gasteiger partial charge in [0.25, 0.3) is 5.91 Å². The number of nitrogens with one attached hydrogen (secondary N) is 1. The predicted molar refractivity (Wildman–Crippen MR) is 103 cm³/mol. The zero-order valence-corrected chi connectivity index (χ0v) is 14.4. The number of hydrazone groups is 1. The van der Waals surface area contributed by atoms with Crippen LogP contribution in [0.25, 0.3) is 0 Å². The van der Waals surface area contributed by atoms with Crippen LogP contribution in [-0.4, -0.2) is 29.1 Å². The first-order valence-electron chi connectivity index (χ1n) is 8.26. The van der Waals surface area contributed by atoms with Gasteiger partial charge in [-0.25, -0.2) is 0 Å². The number of hydrogen-bond donors (Lipinski definition) is 1. The van der Waals surface area contributed by atoms with Crippen molar-refractivity contribution in [1.29, 1.82) is 0 Å². The number of aliphatic imine (C=N–C) groups is 1. The summed E-state index contributed by atoms with van der Waals surface area (Å²) >= 11 is 1.57. The van der Waals surface area contributed by atoms with Crippen molar-refractivity contribution in [2.75, 3.05) is 17.3 Å². The Bertz CT molecular complexity index is 820. The van der Waals surface area contributed by atoms with E-state index in [1.54, 1.807) is 11.8 Å². The second kappa shape index (κ2) is 7.11. The smallest absolute Gasteiger partial charge is 0.273 e. The van der Waals surface area contributed by atoms with Gasteiger partial charge >= 0.3 is 0 Å². The van der Waals surface area contributed by atoms with Gasteiger partial charge < -0.3 is 5.32 Å². The van der Waals surface area contributed by atoms with Gasteiger partial charge in [0.1, 0.15) is 5.71 Å². The highest BCUT2D eigenvalue weighted by Gasteiger charge is 2.32. The highest BCUT2D eigenvalue weighted by molar-refractivity contribution is 8.14. The van der Waals surface area contributed by atoms with Crippen LogP contribution in [0, 0.1) is 0 Å². The molecular weight excluding hydrogens is 332 g/mol. The number of thioether (sulfide) groups is 1. The van der Waals surface area contributed by atoms with Crippen molar-refractivity contribution in [3.63, 3.8) is 0 Å². The van der Waals surface area contributed by atoms with Gasteiger partial charge in [0.15, 0.2) is 5.17 Å². The molecule has 2 aliphatic heterocycles. The second-order valence-corrected chi connectivity index (χ2v) is 6.93. The molecule has 0 spiro atoms. The summed E-state index contributed by atoms with van der Waals surface area (Å²) in [6.45, 7) is 0.759. The summed E-state index contributed by atoms with van der Waals surface area (Å²) in [5, 5.41) is 10.1. The minimum Gasteiger partial charge on any atom is -0.300 e. The summed E-state index contributed by atoms with van der Waals surface area (Å²) in [6.07, 6.45) is 0.572. The zero-order valence-electron chi connectivity index (χ0n) is 13.6. The Morgan fingerprint density at radius 1 is 1.08 bits per heavy atom. The molecule has 0 saturated carbocycles. The van der Waals surface area contributed by atoms with Crippen molar-refractivity contribution in [2.24, 2.45) is 10.1 Å². The largest absolute Gasteiger partial charge is 0.300 e. The van der Waals surface area contributed by atoms with Crippen LogP contribution in [0.1, 0.15) is 18.0 Å². The molecule has 0 fully saturated rings. The molecule has 25 heavy (non-hydrogen) atoms. The molecule has 0 bridgehead atoms. The molecule has 5 nitrogen and oxygen atoms in total.